The highest BCUT2D eigenvalue weighted by molar-refractivity contribution is 7.98. The number of hydrogen-bond acceptors (Lipinski definition) is 7. The number of carbonyl (C=O) groups is 1. The smallest absolute Gasteiger partial charge is 0.251 e. The molecule has 2 aromatic heterocycles. The monoisotopic (exact) mass is 704 g/mol. The van der Waals surface area contributed by atoms with E-state index in [4.69, 9.17) is 31.6 Å². The number of quaternary nitrogens is 1. The zero-order chi connectivity index (χ0) is 33.4. The van der Waals surface area contributed by atoms with E-state index in [9.17, 15) is 9.18 Å². The van der Waals surface area contributed by atoms with Crippen LogP contribution in [-0.2, 0) is 11.2 Å². The molecule has 0 aliphatic carbocycles. The fourth-order valence-electron chi connectivity index (χ4n) is 5.02. The fourth-order valence-corrected chi connectivity index (χ4v) is 6.41. The van der Waals surface area contributed by atoms with Crippen LogP contribution >= 0.6 is 23.4 Å². The number of nitrogen functional groups attached to an aromatic ring is 1. The van der Waals surface area contributed by atoms with Crippen molar-refractivity contribution in [1.82, 2.24) is 20.0 Å². The summed E-state index contributed by atoms with van der Waals surface area (Å²) in [6, 6.07) is 12.9. The van der Waals surface area contributed by atoms with Gasteiger partial charge in [0.15, 0.2) is 28.1 Å². The van der Waals surface area contributed by atoms with Crippen molar-refractivity contribution in [3.8, 4) is 11.4 Å². The van der Waals surface area contributed by atoms with Crippen LogP contribution in [0.3, 0.4) is 0 Å². The minimum Gasteiger partial charge on any atom is -1.00 e. The largest absolute Gasteiger partial charge is 1.00 e. The van der Waals surface area contributed by atoms with Crippen LogP contribution in [0.15, 0.2) is 64.4 Å². The summed E-state index contributed by atoms with van der Waals surface area (Å²) in [6.07, 6.45) is 1.74. The van der Waals surface area contributed by atoms with Gasteiger partial charge in [-0.3, -0.25) is 9.36 Å². The number of hydrogen-bond donors (Lipinski definition) is 2. The van der Waals surface area contributed by atoms with Crippen LogP contribution in [0.4, 0.5) is 14.6 Å². The summed E-state index contributed by atoms with van der Waals surface area (Å²) >= 11 is 7.79. The molecule has 0 saturated carbocycles. The SMILES string of the molecule is COc1cc(-n2c(C(C)(C)c3ccc4onc(N)c4c3)cnc2SCc2c(F)cc(C(=O)NCC[N+](C)(C)C)cc2Cl)ccc1F.[Cl-]. The number of aromatic nitrogens is 3. The van der Waals surface area contributed by atoms with Gasteiger partial charge in [-0.05, 0) is 42.0 Å². The Bertz CT molecular complexity index is 1900. The number of rotatable bonds is 11. The summed E-state index contributed by atoms with van der Waals surface area (Å²) in [4.78, 5) is 17.4. The Balaban J connectivity index is 0.00000500. The molecule has 0 aliphatic heterocycles. The molecule has 0 spiro atoms. The maximum absolute atomic E-state index is 15.4. The van der Waals surface area contributed by atoms with Gasteiger partial charge in [0.1, 0.15) is 5.82 Å². The first-order valence-corrected chi connectivity index (χ1v) is 15.8. The van der Waals surface area contributed by atoms with Crippen molar-refractivity contribution in [2.24, 2.45) is 0 Å². The maximum atomic E-state index is 15.4. The molecule has 3 N–H and O–H groups in total. The molecule has 0 atom stereocenters. The van der Waals surface area contributed by atoms with Crippen molar-refractivity contribution in [3.05, 3.63) is 93.8 Å². The Hall–Kier alpha value is -3.84. The molecule has 3 aromatic carbocycles. The number of imidazole rings is 1. The Morgan fingerprint density at radius 2 is 1.87 bits per heavy atom. The minimum atomic E-state index is -0.644. The van der Waals surface area contributed by atoms with Gasteiger partial charge >= 0.3 is 0 Å². The van der Waals surface area contributed by atoms with E-state index in [0.29, 0.717) is 39.4 Å². The number of nitrogens with one attached hydrogen (secondary N) is 1. The lowest BCUT2D eigenvalue weighted by Gasteiger charge is -2.27. The van der Waals surface area contributed by atoms with E-state index in [-0.39, 0.29) is 45.9 Å². The lowest BCUT2D eigenvalue weighted by molar-refractivity contribution is -0.869. The molecule has 0 unspecified atom stereocenters. The maximum Gasteiger partial charge on any atom is 0.251 e. The van der Waals surface area contributed by atoms with Gasteiger partial charge in [0, 0.05) is 33.4 Å². The van der Waals surface area contributed by atoms with E-state index in [2.05, 4.69) is 10.5 Å². The van der Waals surface area contributed by atoms with Crippen LogP contribution in [0.25, 0.3) is 16.7 Å². The van der Waals surface area contributed by atoms with Crippen molar-refractivity contribution < 1.29 is 39.7 Å². The van der Waals surface area contributed by atoms with Crippen LogP contribution in [0.5, 0.6) is 5.75 Å². The summed E-state index contributed by atoms with van der Waals surface area (Å²) in [6.45, 7) is 5.21. The van der Waals surface area contributed by atoms with E-state index >= 15 is 4.39 Å². The highest BCUT2D eigenvalue weighted by atomic mass is 35.5. The number of benzene rings is 3. The second kappa shape index (κ2) is 14.1. The van der Waals surface area contributed by atoms with Gasteiger partial charge < -0.3 is 37.2 Å². The Morgan fingerprint density at radius 3 is 2.55 bits per heavy atom. The first-order valence-electron chi connectivity index (χ1n) is 14.5. The topological polar surface area (TPSA) is 108 Å². The molecule has 5 rings (SSSR count). The van der Waals surface area contributed by atoms with Crippen LogP contribution < -0.4 is 28.2 Å². The Morgan fingerprint density at radius 1 is 1.13 bits per heavy atom. The first-order chi connectivity index (χ1) is 21.7. The molecule has 0 aliphatic rings. The quantitative estimate of drug-likeness (QED) is 0.160. The summed E-state index contributed by atoms with van der Waals surface area (Å²) in [5.74, 6) is -1.04. The van der Waals surface area contributed by atoms with Crippen molar-refractivity contribution in [2.45, 2.75) is 30.2 Å². The number of halogens is 4. The van der Waals surface area contributed by atoms with E-state index in [1.165, 1.54) is 37.1 Å². The van der Waals surface area contributed by atoms with Crippen LogP contribution in [0.2, 0.25) is 5.02 Å². The third-order valence-corrected chi connectivity index (χ3v) is 9.12. The Kier molecular flexibility index (Phi) is 10.8. The van der Waals surface area contributed by atoms with E-state index in [0.717, 1.165) is 11.3 Å². The van der Waals surface area contributed by atoms with E-state index in [1.807, 2.05) is 57.8 Å². The molecule has 0 saturated heterocycles. The number of ether oxygens (including phenoxy) is 1. The highest BCUT2D eigenvalue weighted by Gasteiger charge is 2.31. The number of nitrogens with two attached hydrogens (primary N) is 1. The number of likely N-dealkylation sites (N-methyl/N-ethyl adjacent to an activating group) is 1. The van der Waals surface area contributed by atoms with Crippen molar-refractivity contribution >= 4 is 46.1 Å². The zero-order valence-corrected chi connectivity index (χ0v) is 29.2. The normalized spacial score (nSPS) is 11.9. The summed E-state index contributed by atoms with van der Waals surface area (Å²) < 4.78 is 43.0. The molecule has 5 aromatic rings. The van der Waals surface area contributed by atoms with Gasteiger partial charge in [-0.25, -0.2) is 13.8 Å². The van der Waals surface area contributed by atoms with Gasteiger partial charge in [0.25, 0.3) is 5.91 Å². The first kappa shape index (κ1) is 36.0. The van der Waals surface area contributed by atoms with Gasteiger partial charge in [0.05, 0.1) is 64.3 Å². The van der Waals surface area contributed by atoms with Gasteiger partial charge in [-0.2, -0.15) is 0 Å². The molecule has 47 heavy (non-hydrogen) atoms. The number of amides is 1. The molecule has 14 heteroatoms. The zero-order valence-electron chi connectivity index (χ0n) is 26.8. The molecular formula is C33H36Cl2F2N6O3S. The molecule has 250 valence electrons. The average Bonchev–Trinajstić information content (AvgIpc) is 3.60. The van der Waals surface area contributed by atoms with E-state index < -0.39 is 23.0 Å². The van der Waals surface area contributed by atoms with Crippen molar-refractivity contribution in [1.29, 1.82) is 0 Å². The summed E-state index contributed by atoms with van der Waals surface area (Å²) in [5.41, 5.74) is 8.61. The number of nitrogens with zero attached hydrogens (tertiary/aromatic N) is 4. The number of carbonyl (C=O) groups excluding carboxylic acids is 1. The third kappa shape index (κ3) is 7.67. The Labute approximate surface area is 287 Å². The molecule has 0 radical (unpaired) electrons. The number of thioether (sulfide) groups is 1. The molecule has 0 fully saturated rings. The summed E-state index contributed by atoms with van der Waals surface area (Å²) in [5, 5.41) is 8.01. The van der Waals surface area contributed by atoms with E-state index in [1.54, 1.807) is 18.3 Å². The van der Waals surface area contributed by atoms with Gasteiger partial charge in [0.2, 0.25) is 0 Å². The number of methoxy groups -OCH3 is 1. The van der Waals surface area contributed by atoms with Crippen LogP contribution in [0.1, 0.15) is 41.0 Å². The van der Waals surface area contributed by atoms with Crippen molar-refractivity contribution in [3.63, 3.8) is 0 Å². The minimum absolute atomic E-state index is 0. The predicted octanol–water partition coefficient (Wildman–Crippen LogP) is 3.59. The standard InChI is InChI=1S/C33H35ClF2N6O3S.ClH/c1-33(2,20-7-10-27-22(15-20)30(37)40-45-27)29-17-39-32(41(29)21-8-9-25(35)28(16-21)44-6)46-18-23-24(34)13-19(14-26(23)36)31(43)38-11-12-42(3,4)5;/h7-10,13-17H,11-12,18H2,1-6H3,(H2-,37,38,40,43);1H. The average molecular weight is 706 g/mol. The molecular weight excluding hydrogens is 669 g/mol. The molecule has 2 heterocycles. The second-order valence-electron chi connectivity index (χ2n) is 12.5. The number of anilines is 1. The number of fused-ring (bicyclic) bond motifs is 1. The third-order valence-electron chi connectivity index (χ3n) is 7.80. The van der Waals surface area contributed by atoms with Crippen molar-refractivity contribution in [2.75, 3.05) is 47.1 Å². The molecule has 0 bridgehead atoms. The summed E-state index contributed by atoms with van der Waals surface area (Å²) in [7, 11) is 7.45. The molecule has 1 amide bonds. The van der Waals surface area contributed by atoms with Crippen LogP contribution in [0, 0.1) is 11.6 Å². The molecule has 9 nitrogen and oxygen atoms in total. The van der Waals surface area contributed by atoms with Gasteiger partial charge in [-0.1, -0.05) is 48.4 Å². The fraction of sp³-hybridized carbons (Fsp3) is 0.303. The lowest BCUT2D eigenvalue weighted by atomic mass is 9.81. The van der Waals surface area contributed by atoms with Gasteiger partial charge in [-0.15, -0.1) is 0 Å². The lowest BCUT2D eigenvalue weighted by Crippen LogP contribution is -3.00. The predicted molar refractivity (Wildman–Crippen MR) is 177 cm³/mol. The van der Waals surface area contributed by atoms with Crippen LogP contribution in [-0.4, -0.2) is 66.4 Å². The highest BCUT2D eigenvalue weighted by Crippen LogP contribution is 2.39. The second-order valence-corrected chi connectivity index (χ2v) is 13.8.